The van der Waals surface area contributed by atoms with E-state index in [0.29, 0.717) is 42.0 Å². The predicted octanol–water partition coefficient (Wildman–Crippen LogP) is 5.13. The summed E-state index contributed by atoms with van der Waals surface area (Å²) in [6.07, 6.45) is 1.71. The van der Waals surface area contributed by atoms with Crippen molar-refractivity contribution in [3.8, 4) is 11.5 Å². The largest absolute Gasteiger partial charge is 0.454 e. The molecule has 0 N–H and O–H groups in total. The Morgan fingerprint density at radius 2 is 1.92 bits per heavy atom. The van der Waals surface area contributed by atoms with Gasteiger partial charge in [0.05, 0.1) is 10.6 Å². The highest BCUT2D eigenvalue weighted by molar-refractivity contribution is 8.27. The third-order valence-electron chi connectivity index (χ3n) is 3.66. The number of hydrogen-bond acceptors (Lipinski definition) is 5. The number of hydrogen-bond donors (Lipinski definition) is 0. The molecule has 0 saturated carbocycles. The number of carbonyl (C=O) groups is 1. The van der Waals surface area contributed by atoms with E-state index in [-0.39, 0.29) is 12.7 Å². The number of amides is 1. The first kappa shape index (κ1) is 16.7. The quantitative estimate of drug-likeness (QED) is 0.507. The van der Waals surface area contributed by atoms with Gasteiger partial charge in [0.1, 0.15) is 0 Å². The zero-order valence-electron chi connectivity index (χ0n) is 12.5. The molecule has 2 aromatic carbocycles. The van der Waals surface area contributed by atoms with Crippen LogP contribution in [0.1, 0.15) is 5.56 Å². The summed E-state index contributed by atoms with van der Waals surface area (Å²) in [5.74, 6) is 1.04. The maximum Gasteiger partial charge on any atom is 0.270 e. The normalized spacial score (nSPS) is 17.7. The summed E-state index contributed by atoms with van der Waals surface area (Å²) in [4.78, 5) is 14.8. The van der Waals surface area contributed by atoms with Crippen LogP contribution in [0.15, 0.2) is 41.3 Å². The van der Waals surface area contributed by atoms with Crippen molar-refractivity contribution in [1.29, 1.82) is 0 Å². The fraction of sp³-hybridized carbons (Fsp3) is 0.0588. The van der Waals surface area contributed by atoms with Crippen molar-refractivity contribution in [3.63, 3.8) is 0 Å². The lowest BCUT2D eigenvalue weighted by molar-refractivity contribution is -0.113. The Kier molecular flexibility index (Phi) is 4.37. The lowest BCUT2D eigenvalue weighted by Crippen LogP contribution is -2.27. The van der Waals surface area contributed by atoms with Gasteiger partial charge >= 0.3 is 0 Å². The van der Waals surface area contributed by atoms with E-state index >= 15 is 0 Å². The molecule has 1 amide bonds. The van der Waals surface area contributed by atoms with Crippen LogP contribution in [0, 0.1) is 0 Å². The summed E-state index contributed by atoms with van der Waals surface area (Å²) in [5, 5.41) is 1.01. The minimum absolute atomic E-state index is 0.173. The molecule has 0 radical (unpaired) electrons. The maximum atomic E-state index is 12.8. The van der Waals surface area contributed by atoms with Crippen LogP contribution in [0.2, 0.25) is 10.0 Å². The van der Waals surface area contributed by atoms with Crippen molar-refractivity contribution in [1.82, 2.24) is 0 Å². The van der Waals surface area contributed by atoms with Crippen molar-refractivity contribution >= 4 is 69.2 Å². The van der Waals surface area contributed by atoms with Gasteiger partial charge in [-0.1, -0.05) is 53.2 Å². The second-order valence-electron chi connectivity index (χ2n) is 5.22. The standard InChI is InChI=1S/C17H9Cl2NO3S2/c18-10-2-1-9(12(19)6-10)5-15-16(21)20(17(24)25-15)11-3-4-13-14(7-11)23-8-22-13/h1-7H,8H2/b15-5+. The lowest BCUT2D eigenvalue weighted by Gasteiger charge is -2.14. The van der Waals surface area contributed by atoms with Crippen LogP contribution < -0.4 is 14.4 Å². The van der Waals surface area contributed by atoms with Crippen molar-refractivity contribution in [2.45, 2.75) is 0 Å². The second-order valence-corrected chi connectivity index (χ2v) is 7.74. The summed E-state index contributed by atoms with van der Waals surface area (Å²) in [7, 11) is 0. The molecule has 4 nitrogen and oxygen atoms in total. The van der Waals surface area contributed by atoms with Gasteiger partial charge < -0.3 is 9.47 Å². The van der Waals surface area contributed by atoms with E-state index in [1.54, 1.807) is 42.5 Å². The third-order valence-corrected chi connectivity index (χ3v) is 5.52. The van der Waals surface area contributed by atoms with Gasteiger partial charge in [-0.05, 0) is 35.9 Å². The number of benzene rings is 2. The van der Waals surface area contributed by atoms with Crippen LogP contribution in [-0.2, 0) is 4.79 Å². The molecule has 2 heterocycles. The molecule has 4 rings (SSSR count). The summed E-state index contributed by atoms with van der Waals surface area (Å²) >= 11 is 18.7. The number of ether oxygens (including phenoxy) is 2. The number of fused-ring (bicyclic) bond motifs is 1. The van der Waals surface area contributed by atoms with E-state index < -0.39 is 0 Å². The molecule has 25 heavy (non-hydrogen) atoms. The predicted molar refractivity (Wildman–Crippen MR) is 105 cm³/mol. The van der Waals surface area contributed by atoms with E-state index in [2.05, 4.69) is 0 Å². The second kappa shape index (κ2) is 6.53. The van der Waals surface area contributed by atoms with Gasteiger partial charge in [-0.2, -0.15) is 0 Å². The molecule has 0 bridgehead atoms. The van der Waals surface area contributed by atoms with Crippen molar-refractivity contribution in [2.75, 3.05) is 11.7 Å². The molecule has 1 saturated heterocycles. The van der Waals surface area contributed by atoms with E-state index in [0.717, 1.165) is 0 Å². The molecule has 0 aliphatic carbocycles. The first-order valence-electron chi connectivity index (χ1n) is 7.15. The minimum atomic E-state index is -0.208. The van der Waals surface area contributed by atoms with Gasteiger partial charge in [-0.15, -0.1) is 0 Å². The van der Waals surface area contributed by atoms with Gasteiger partial charge in [0.25, 0.3) is 5.91 Å². The molecule has 0 aromatic heterocycles. The Morgan fingerprint density at radius 3 is 2.72 bits per heavy atom. The summed E-state index contributed by atoms with van der Waals surface area (Å²) in [6.45, 7) is 0.173. The van der Waals surface area contributed by atoms with Crippen LogP contribution in [0.3, 0.4) is 0 Å². The number of thioether (sulfide) groups is 1. The van der Waals surface area contributed by atoms with Crippen molar-refractivity contribution in [3.05, 3.63) is 56.9 Å². The topological polar surface area (TPSA) is 38.8 Å². The van der Waals surface area contributed by atoms with Gasteiger partial charge in [0.2, 0.25) is 6.79 Å². The Balaban J connectivity index is 1.67. The molecule has 2 aromatic rings. The number of anilines is 1. The number of halogens is 2. The SMILES string of the molecule is O=C1/C(=C\c2ccc(Cl)cc2Cl)SC(=S)N1c1ccc2c(c1)OCO2. The Bertz CT molecular complexity index is 945. The van der Waals surface area contributed by atoms with Crippen LogP contribution in [0.4, 0.5) is 5.69 Å². The fourth-order valence-corrected chi connectivity index (χ4v) is 4.23. The highest BCUT2D eigenvalue weighted by Crippen LogP contribution is 2.41. The number of rotatable bonds is 2. The summed E-state index contributed by atoms with van der Waals surface area (Å²) in [6, 6.07) is 10.4. The highest BCUT2D eigenvalue weighted by atomic mass is 35.5. The Morgan fingerprint density at radius 1 is 1.12 bits per heavy atom. The van der Waals surface area contributed by atoms with E-state index in [4.69, 9.17) is 44.9 Å². The van der Waals surface area contributed by atoms with E-state index in [1.807, 2.05) is 0 Å². The summed E-state index contributed by atoms with van der Waals surface area (Å²) < 4.78 is 11.1. The number of nitrogens with zero attached hydrogens (tertiary/aromatic N) is 1. The molecule has 8 heteroatoms. The molecule has 0 atom stereocenters. The van der Waals surface area contributed by atoms with Crippen LogP contribution in [0.5, 0.6) is 11.5 Å². The van der Waals surface area contributed by atoms with Gasteiger partial charge in [0, 0.05) is 16.1 Å². The average Bonchev–Trinajstić information content (AvgIpc) is 3.14. The zero-order valence-corrected chi connectivity index (χ0v) is 15.6. The van der Waals surface area contributed by atoms with E-state index in [1.165, 1.54) is 16.7 Å². The van der Waals surface area contributed by atoms with Gasteiger partial charge in [0.15, 0.2) is 15.8 Å². The monoisotopic (exact) mass is 409 g/mol. The first-order chi connectivity index (χ1) is 12.0. The van der Waals surface area contributed by atoms with E-state index in [9.17, 15) is 4.79 Å². The van der Waals surface area contributed by atoms with Crippen molar-refractivity contribution < 1.29 is 14.3 Å². The summed E-state index contributed by atoms with van der Waals surface area (Å²) in [5.41, 5.74) is 1.34. The number of thiocarbonyl (C=S) groups is 1. The molecule has 0 unspecified atom stereocenters. The zero-order chi connectivity index (χ0) is 17.6. The average molecular weight is 410 g/mol. The number of carbonyl (C=O) groups excluding carboxylic acids is 1. The molecule has 2 aliphatic heterocycles. The van der Waals surface area contributed by atoms with Crippen LogP contribution >= 0.6 is 47.2 Å². The third kappa shape index (κ3) is 3.11. The van der Waals surface area contributed by atoms with Crippen molar-refractivity contribution in [2.24, 2.45) is 0 Å². The molecule has 0 spiro atoms. The fourth-order valence-electron chi connectivity index (χ4n) is 2.47. The maximum absolute atomic E-state index is 12.8. The smallest absolute Gasteiger partial charge is 0.270 e. The molecular weight excluding hydrogens is 401 g/mol. The molecule has 2 aliphatic rings. The van der Waals surface area contributed by atoms with Crippen LogP contribution in [0.25, 0.3) is 6.08 Å². The Labute approximate surface area is 163 Å². The van der Waals surface area contributed by atoms with Gasteiger partial charge in [-0.3, -0.25) is 9.69 Å². The minimum Gasteiger partial charge on any atom is -0.454 e. The molecule has 126 valence electrons. The van der Waals surface area contributed by atoms with Gasteiger partial charge in [-0.25, -0.2) is 0 Å². The Hall–Kier alpha value is -1.73. The molecule has 1 fully saturated rings. The molecular formula is C17H9Cl2NO3S2. The lowest BCUT2D eigenvalue weighted by atomic mass is 10.2. The van der Waals surface area contributed by atoms with Crippen LogP contribution in [-0.4, -0.2) is 17.0 Å². The first-order valence-corrected chi connectivity index (χ1v) is 9.13. The highest BCUT2D eigenvalue weighted by Gasteiger charge is 2.34.